The minimum absolute atomic E-state index is 0.371. The monoisotopic (exact) mass is 411 g/mol. The second-order valence-electron chi connectivity index (χ2n) is 6.32. The standard InChI is InChI=1S/C20H18BrN3O2/c1-12(25)20(26)19-17-10-22-18(13-5-3-2-4-6-13)15-9-14(21)7-8-16(15)24(17)11-23-19/h2-9,11-12,20,25-26H,10H2,1H3. The Hall–Kier alpha value is -2.28. The van der Waals surface area contributed by atoms with E-state index in [0.29, 0.717) is 12.2 Å². The number of imidazole rings is 1. The van der Waals surface area contributed by atoms with E-state index in [1.165, 1.54) is 0 Å². The highest BCUT2D eigenvalue weighted by Gasteiger charge is 2.26. The van der Waals surface area contributed by atoms with Gasteiger partial charge in [0.05, 0.1) is 41.8 Å². The molecule has 1 aliphatic rings. The van der Waals surface area contributed by atoms with Crippen molar-refractivity contribution in [3.63, 3.8) is 0 Å². The number of halogens is 1. The van der Waals surface area contributed by atoms with E-state index in [2.05, 4.69) is 20.9 Å². The largest absolute Gasteiger partial charge is 0.390 e. The predicted octanol–water partition coefficient (Wildman–Crippen LogP) is 3.40. The molecule has 0 saturated carbocycles. The third-order valence-electron chi connectivity index (χ3n) is 4.54. The van der Waals surface area contributed by atoms with Crippen molar-refractivity contribution in [1.29, 1.82) is 0 Å². The summed E-state index contributed by atoms with van der Waals surface area (Å²) in [6.07, 6.45) is -0.259. The first-order valence-electron chi connectivity index (χ1n) is 8.38. The fourth-order valence-electron chi connectivity index (χ4n) is 3.22. The summed E-state index contributed by atoms with van der Waals surface area (Å²) < 4.78 is 2.91. The van der Waals surface area contributed by atoms with Crippen LogP contribution in [0.4, 0.5) is 0 Å². The normalized spacial score (nSPS) is 15.5. The predicted molar refractivity (Wildman–Crippen MR) is 104 cm³/mol. The summed E-state index contributed by atoms with van der Waals surface area (Å²) in [4.78, 5) is 9.19. The molecule has 4 rings (SSSR count). The molecule has 0 fully saturated rings. The molecule has 0 amide bonds. The van der Waals surface area contributed by atoms with Crippen molar-refractivity contribution in [3.8, 4) is 5.69 Å². The molecular weight excluding hydrogens is 394 g/mol. The lowest BCUT2D eigenvalue weighted by Crippen LogP contribution is -2.16. The van der Waals surface area contributed by atoms with Crippen LogP contribution in [0.15, 0.2) is 64.3 Å². The zero-order valence-electron chi connectivity index (χ0n) is 14.2. The van der Waals surface area contributed by atoms with Gasteiger partial charge in [-0.1, -0.05) is 46.3 Å². The molecule has 2 atom stereocenters. The van der Waals surface area contributed by atoms with E-state index >= 15 is 0 Å². The van der Waals surface area contributed by atoms with Crippen LogP contribution in [-0.2, 0) is 6.54 Å². The van der Waals surface area contributed by atoms with Gasteiger partial charge < -0.3 is 14.8 Å². The smallest absolute Gasteiger partial charge is 0.123 e. The minimum Gasteiger partial charge on any atom is -0.390 e. The maximum atomic E-state index is 10.3. The quantitative estimate of drug-likeness (QED) is 0.693. The van der Waals surface area contributed by atoms with Crippen LogP contribution in [0.1, 0.15) is 35.5 Å². The topological polar surface area (TPSA) is 70.6 Å². The molecule has 0 saturated heterocycles. The molecule has 0 radical (unpaired) electrons. The molecule has 3 aromatic rings. The molecule has 132 valence electrons. The van der Waals surface area contributed by atoms with Crippen LogP contribution in [0.5, 0.6) is 0 Å². The molecule has 0 bridgehead atoms. The van der Waals surface area contributed by atoms with E-state index in [1.54, 1.807) is 13.3 Å². The Morgan fingerprint density at radius 3 is 2.62 bits per heavy atom. The molecule has 2 N–H and O–H groups in total. The van der Waals surface area contributed by atoms with Gasteiger partial charge in [-0.2, -0.15) is 0 Å². The van der Waals surface area contributed by atoms with Crippen LogP contribution in [0.3, 0.4) is 0 Å². The van der Waals surface area contributed by atoms with E-state index < -0.39 is 12.2 Å². The van der Waals surface area contributed by atoms with Gasteiger partial charge in [-0.15, -0.1) is 0 Å². The summed E-state index contributed by atoms with van der Waals surface area (Å²) in [6, 6.07) is 16.1. The van der Waals surface area contributed by atoms with Crippen molar-refractivity contribution in [2.45, 2.75) is 25.7 Å². The van der Waals surface area contributed by atoms with Gasteiger partial charge in [0.1, 0.15) is 6.10 Å². The number of aliphatic imine (C=N–C) groups is 1. The third-order valence-corrected chi connectivity index (χ3v) is 5.04. The number of fused-ring (bicyclic) bond motifs is 3. The number of rotatable bonds is 3. The molecule has 1 aromatic heterocycles. The lowest BCUT2D eigenvalue weighted by molar-refractivity contribution is 0.0275. The highest BCUT2D eigenvalue weighted by atomic mass is 79.9. The number of aliphatic hydroxyl groups is 2. The van der Waals surface area contributed by atoms with Gasteiger partial charge in [0.15, 0.2) is 0 Å². The van der Waals surface area contributed by atoms with Crippen molar-refractivity contribution in [2.75, 3.05) is 0 Å². The van der Waals surface area contributed by atoms with E-state index in [0.717, 1.165) is 32.7 Å². The summed E-state index contributed by atoms with van der Waals surface area (Å²) in [5, 5.41) is 20.1. The number of nitrogens with zero attached hydrogens (tertiary/aromatic N) is 3. The number of hydrogen-bond acceptors (Lipinski definition) is 4. The number of hydrogen-bond donors (Lipinski definition) is 2. The highest BCUT2D eigenvalue weighted by molar-refractivity contribution is 9.10. The van der Waals surface area contributed by atoms with Gasteiger partial charge in [-0.3, -0.25) is 4.99 Å². The Kier molecular flexibility index (Phi) is 4.48. The van der Waals surface area contributed by atoms with Crippen molar-refractivity contribution >= 4 is 21.6 Å². The summed E-state index contributed by atoms with van der Waals surface area (Å²) in [5.41, 5.74) is 5.10. The number of aromatic nitrogens is 2. The van der Waals surface area contributed by atoms with Gasteiger partial charge in [0, 0.05) is 15.6 Å². The fraction of sp³-hybridized carbons (Fsp3) is 0.200. The summed E-state index contributed by atoms with van der Waals surface area (Å²) >= 11 is 3.55. The zero-order chi connectivity index (χ0) is 18.3. The van der Waals surface area contributed by atoms with E-state index in [1.807, 2.05) is 53.1 Å². The van der Waals surface area contributed by atoms with Crippen LogP contribution < -0.4 is 0 Å². The van der Waals surface area contributed by atoms with Crippen LogP contribution in [0.2, 0.25) is 0 Å². The maximum Gasteiger partial charge on any atom is 0.123 e. The lowest BCUT2D eigenvalue weighted by Gasteiger charge is -2.14. The molecule has 2 heterocycles. The molecule has 2 aromatic carbocycles. The van der Waals surface area contributed by atoms with Crippen LogP contribution >= 0.6 is 15.9 Å². The molecule has 26 heavy (non-hydrogen) atoms. The first kappa shape index (κ1) is 17.1. The average Bonchev–Trinajstić information content (AvgIpc) is 2.99. The molecule has 0 aliphatic carbocycles. The highest BCUT2D eigenvalue weighted by Crippen LogP contribution is 2.31. The Bertz CT molecular complexity index is 980. The van der Waals surface area contributed by atoms with E-state index in [-0.39, 0.29) is 0 Å². The lowest BCUT2D eigenvalue weighted by atomic mass is 10.0. The Morgan fingerprint density at radius 1 is 1.12 bits per heavy atom. The van der Waals surface area contributed by atoms with Gasteiger partial charge in [-0.25, -0.2) is 4.98 Å². The van der Waals surface area contributed by atoms with Crippen LogP contribution in [0, 0.1) is 0 Å². The van der Waals surface area contributed by atoms with E-state index in [9.17, 15) is 10.2 Å². The molecule has 1 aliphatic heterocycles. The molecule has 6 heteroatoms. The Morgan fingerprint density at radius 2 is 1.88 bits per heavy atom. The first-order valence-corrected chi connectivity index (χ1v) is 9.18. The SMILES string of the molecule is CC(O)C(O)c1ncn2c1CN=C(c1ccccc1)c1cc(Br)ccc1-2. The van der Waals surface area contributed by atoms with Gasteiger partial charge >= 0.3 is 0 Å². The van der Waals surface area contributed by atoms with Gasteiger partial charge in [-0.05, 0) is 25.1 Å². The Balaban J connectivity index is 1.93. The second-order valence-corrected chi connectivity index (χ2v) is 7.24. The fourth-order valence-corrected chi connectivity index (χ4v) is 3.58. The summed E-state index contributed by atoms with van der Waals surface area (Å²) in [6.45, 7) is 1.92. The maximum absolute atomic E-state index is 10.3. The van der Waals surface area contributed by atoms with Crippen molar-refractivity contribution in [1.82, 2.24) is 9.55 Å². The molecule has 5 nitrogen and oxygen atoms in total. The minimum atomic E-state index is -1.04. The van der Waals surface area contributed by atoms with Crippen molar-refractivity contribution < 1.29 is 10.2 Å². The number of benzene rings is 2. The Labute approximate surface area is 159 Å². The van der Waals surface area contributed by atoms with Gasteiger partial charge in [0.2, 0.25) is 0 Å². The van der Waals surface area contributed by atoms with Crippen molar-refractivity contribution in [3.05, 3.63) is 81.8 Å². The second kappa shape index (κ2) is 6.79. The third kappa shape index (κ3) is 2.90. The average molecular weight is 412 g/mol. The number of aliphatic hydroxyl groups excluding tert-OH is 2. The molecule has 2 unspecified atom stereocenters. The van der Waals surface area contributed by atoms with E-state index in [4.69, 9.17) is 4.99 Å². The first-order chi connectivity index (χ1) is 12.6. The van der Waals surface area contributed by atoms with Crippen molar-refractivity contribution in [2.24, 2.45) is 4.99 Å². The van der Waals surface area contributed by atoms with Crippen LogP contribution in [-0.4, -0.2) is 31.6 Å². The van der Waals surface area contributed by atoms with Gasteiger partial charge in [0.25, 0.3) is 0 Å². The van der Waals surface area contributed by atoms with Crippen LogP contribution in [0.25, 0.3) is 5.69 Å². The zero-order valence-corrected chi connectivity index (χ0v) is 15.8. The summed E-state index contributed by atoms with van der Waals surface area (Å²) in [7, 11) is 0. The summed E-state index contributed by atoms with van der Waals surface area (Å²) in [5.74, 6) is 0. The molecule has 0 spiro atoms. The molecular formula is C20H18BrN3O2.